The zero-order valence-corrected chi connectivity index (χ0v) is 14.2. The molecule has 2 unspecified atom stereocenters. The van der Waals surface area contributed by atoms with Crippen LogP contribution >= 0.6 is 0 Å². The molecule has 0 radical (unpaired) electrons. The molecular weight excluding hydrogens is 266 g/mol. The highest BCUT2D eigenvalue weighted by Gasteiger charge is 2.45. The normalized spacial score (nSPS) is 25.9. The number of carbonyl (C=O) groups is 1. The van der Waals surface area contributed by atoms with E-state index in [0.717, 1.165) is 51.8 Å². The van der Waals surface area contributed by atoms with Crippen LogP contribution in [0.5, 0.6) is 0 Å². The van der Waals surface area contributed by atoms with E-state index in [0.29, 0.717) is 12.1 Å². The molecule has 5 heteroatoms. The molecular formula is C16H33N3O2. The van der Waals surface area contributed by atoms with Gasteiger partial charge >= 0.3 is 0 Å². The second-order valence-corrected chi connectivity index (χ2v) is 6.07. The average molecular weight is 299 g/mol. The topological polar surface area (TPSA) is 67.6 Å². The van der Waals surface area contributed by atoms with E-state index in [1.54, 1.807) is 7.11 Å². The first kappa shape index (κ1) is 18.4. The number of methoxy groups -OCH3 is 1. The van der Waals surface area contributed by atoms with Gasteiger partial charge in [-0.3, -0.25) is 9.69 Å². The fourth-order valence-corrected chi connectivity index (χ4v) is 3.73. The van der Waals surface area contributed by atoms with Crippen LogP contribution in [-0.2, 0) is 9.53 Å². The molecule has 1 fully saturated rings. The summed E-state index contributed by atoms with van der Waals surface area (Å²) in [5.41, 5.74) is 5.16. The summed E-state index contributed by atoms with van der Waals surface area (Å²) in [6.07, 6.45) is 4.93. The lowest BCUT2D eigenvalue weighted by atomic mass is 9.95. The van der Waals surface area contributed by atoms with Crippen LogP contribution in [0.1, 0.15) is 52.9 Å². The smallest absolute Gasteiger partial charge is 0.237 e. The van der Waals surface area contributed by atoms with E-state index in [4.69, 9.17) is 10.5 Å². The first-order chi connectivity index (χ1) is 10.0. The van der Waals surface area contributed by atoms with Gasteiger partial charge in [0.25, 0.3) is 0 Å². The zero-order valence-electron chi connectivity index (χ0n) is 14.2. The molecule has 0 heterocycles. The second-order valence-electron chi connectivity index (χ2n) is 6.07. The van der Waals surface area contributed by atoms with Gasteiger partial charge in [0.2, 0.25) is 5.91 Å². The van der Waals surface area contributed by atoms with Gasteiger partial charge in [-0.1, -0.05) is 20.8 Å². The minimum atomic E-state index is -0.517. The van der Waals surface area contributed by atoms with Crippen molar-refractivity contribution in [2.24, 2.45) is 5.73 Å². The molecule has 1 aliphatic rings. The number of amides is 1. The largest absolute Gasteiger partial charge is 0.383 e. The van der Waals surface area contributed by atoms with Crippen LogP contribution in [0.15, 0.2) is 0 Å². The van der Waals surface area contributed by atoms with Crippen LogP contribution in [0.3, 0.4) is 0 Å². The summed E-state index contributed by atoms with van der Waals surface area (Å²) >= 11 is 0. The van der Waals surface area contributed by atoms with Gasteiger partial charge in [-0.25, -0.2) is 0 Å². The van der Waals surface area contributed by atoms with Crippen LogP contribution < -0.4 is 11.1 Å². The van der Waals surface area contributed by atoms with Crippen molar-refractivity contribution in [2.45, 2.75) is 70.5 Å². The quantitative estimate of drug-likeness (QED) is 0.641. The van der Waals surface area contributed by atoms with E-state index >= 15 is 0 Å². The lowest BCUT2D eigenvalue weighted by Crippen LogP contribution is -2.55. The highest BCUT2D eigenvalue weighted by Crippen LogP contribution is 2.34. The molecule has 1 aliphatic carbocycles. The molecule has 124 valence electrons. The van der Waals surface area contributed by atoms with Gasteiger partial charge in [0, 0.05) is 25.7 Å². The lowest BCUT2D eigenvalue weighted by Gasteiger charge is -2.36. The molecule has 0 spiro atoms. The molecule has 1 amide bonds. The highest BCUT2D eigenvalue weighted by atomic mass is 16.5. The van der Waals surface area contributed by atoms with Gasteiger partial charge < -0.3 is 15.8 Å². The number of carbonyl (C=O) groups excluding carboxylic acids is 1. The molecule has 0 aromatic rings. The highest BCUT2D eigenvalue weighted by molar-refractivity contribution is 5.85. The van der Waals surface area contributed by atoms with Gasteiger partial charge in [-0.2, -0.15) is 0 Å². The Morgan fingerprint density at radius 1 is 1.43 bits per heavy atom. The van der Waals surface area contributed by atoms with E-state index < -0.39 is 5.54 Å². The maximum Gasteiger partial charge on any atom is 0.237 e. The fraction of sp³-hybridized carbons (Fsp3) is 0.938. The number of hydrogen-bond acceptors (Lipinski definition) is 4. The number of primary amides is 1. The molecule has 0 aromatic heterocycles. The maximum absolute atomic E-state index is 11.9. The standard InChI is InChI=1S/C16H33N3O2/c1-5-13(6-2)19(10-11-21-4)14-8-9-16(12-14,15(17)20)18-7-3/h13-14,18H,5-12H2,1-4H3,(H2,17,20). The number of hydrogen-bond donors (Lipinski definition) is 2. The Hall–Kier alpha value is -0.650. The predicted molar refractivity (Wildman–Crippen MR) is 86.2 cm³/mol. The van der Waals surface area contributed by atoms with Gasteiger partial charge in [0.15, 0.2) is 0 Å². The van der Waals surface area contributed by atoms with Crippen LogP contribution in [0, 0.1) is 0 Å². The number of nitrogens with one attached hydrogen (secondary N) is 1. The third kappa shape index (κ3) is 4.41. The monoisotopic (exact) mass is 299 g/mol. The van der Waals surface area contributed by atoms with Gasteiger partial charge in [-0.05, 0) is 38.6 Å². The Kier molecular flexibility index (Phi) is 7.63. The SMILES string of the molecule is CCNC1(C(N)=O)CCC(N(CCOC)C(CC)CC)C1. The van der Waals surface area contributed by atoms with Gasteiger partial charge in [0.05, 0.1) is 12.1 Å². The Morgan fingerprint density at radius 2 is 2.10 bits per heavy atom. The summed E-state index contributed by atoms with van der Waals surface area (Å²) in [4.78, 5) is 14.5. The van der Waals surface area contributed by atoms with Crippen LogP contribution in [-0.4, -0.2) is 55.2 Å². The number of nitrogens with two attached hydrogens (primary N) is 1. The maximum atomic E-state index is 11.9. The van der Waals surface area contributed by atoms with E-state index in [-0.39, 0.29) is 5.91 Å². The summed E-state index contributed by atoms with van der Waals surface area (Å²) < 4.78 is 5.27. The lowest BCUT2D eigenvalue weighted by molar-refractivity contribution is -0.124. The van der Waals surface area contributed by atoms with Crippen molar-refractivity contribution in [3.63, 3.8) is 0 Å². The first-order valence-corrected chi connectivity index (χ1v) is 8.34. The Labute approximate surface area is 129 Å². The molecule has 5 nitrogen and oxygen atoms in total. The van der Waals surface area contributed by atoms with Crippen LogP contribution in [0.25, 0.3) is 0 Å². The number of ether oxygens (including phenoxy) is 1. The number of rotatable bonds is 10. The minimum Gasteiger partial charge on any atom is -0.383 e. The average Bonchev–Trinajstić information content (AvgIpc) is 2.89. The number of likely N-dealkylation sites (N-methyl/N-ethyl adjacent to an activating group) is 1. The van der Waals surface area contributed by atoms with Crippen LogP contribution in [0.4, 0.5) is 0 Å². The van der Waals surface area contributed by atoms with Crippen molar-refractivity contribution in [3.8, 4) is 0 Å². The van der Waals surface area contributed by atoms with Gasteiger partial charge in [-0.15, -0.1) is 0 Å². The van der Waals surface area contributed by atoms with E-state index in [2.05, 4.69) is 24.1 Å². The summed E-state index contributed by atoms with van der Waals surface area (Å²) in [5, 5.41) is 3.34. The zero-order chi connectivity index (χ0) is 15.9. The number of nitrogens with zero attached hydrogens (tertiary/aromatic N) is 1. The van der Waals surface area contributed by atoms with Crippen molar-refractivity contribution >= 4 is 5.91 Å². The second kappa shape index (κ2) is 8.71. The molecule has 1 saturated carbocycles. The molecule has 0 saturated heterocycles. The minimum absolute atomic E-state index is 0.205. The third-order valence-electron chi connectivity index (χ3n) is 4.91. The summed E-state index contributed by atoms with van der Waals surface area (Å²) in [6.45, 7) is 8.93. The first-order valence-electron chi connectivity index (χ1n) is 8.34. The Balaban J connectivity index is 2.82. The predicted octanol–water partition coefficient (Wildman–Crippen LogP) is 1.51. The van der Waals surface area contributed by atoms with Crippen molar-refractivity contribution < 1.29 is 9.53 Å². The molecule has 21 heavy (non-hydrogen) atoms. The Bertz CT molecular complexity index is 321. The molecule has 1 rings (SSSR count). The van der Waals surface area contributed by atoms with Crippen LogP contribution in [0.2, 0.25) is 0 Å². The summed E-state index contributed by atoms with van der Waals surface area (Å²) in [6, 6.07) is 0.965. The molecule has 0 bridgehead atoms. The third-order valence-corrected chi connectivity index (χ3v) is 4.91. The Morgan fingerprint density at radius 3 is 2.57 bits per heavy atom. The summed E-state index contributed by atoms with van der Waals surface area (Å²) in [5.74, 6) is -0.205. The molecule has 0 aromatic carbocycles. The van der Waals surface area contributed by atoms with Crippen molar-refractivity contribution in [2.75, 3.05) is 26.8 Å². The van der Waals surface area contributed by atoms with Gasteiger partial charge in [0.1, 0.15) is 0 Å². The van der Waals surface area contributed by atoms with Crippen molar-refractivity contribution in [3.05, 3.63) is 0 Å². The molecule has 2 atom stereocenters. The van der Waals surface area contributed by atoms with E-state index in [9.17, 15) is 4.79 Å². The summed E-state index contributed by atoms with van der Waals surface area (Å²) in [7, 11) is 1.74. The molecule has 3 N–H and O–H groups in total. The fourth-order valence-electron chi connectivity index (χ4n) is 3.73. The van der Waals surface area contributed by atoms with E-state index in [1.165, 1.54) is 0 Å². The van der Waals surface area contributed by atoms with E-state index in [1.807, 2.05) is 6.92 Å². The van der Waals surface area contributed by atoms with Crippen molar-refractivity contribution in [1.29, 1.82) is 0 Å². The van der Waals surface area contributed by atoms with Crippen molar-refractivity contribution in [1.82, 2.24) is 10.2 Å². The molecule has 0 aliphatic heterocycles.